The molecular formula is C16H22BNO4. The number of benzene rings is 1. The van der Waals surface area contributed by atoms with Crippen molar-refractivity contribution < 1.29 is 19.2 Å². The van der Waals surface area contributed by atoms with E-state index in [-0.39, 0.29) is 17.2 Å². The lowest BCUT2D eigenvalue weighted by molar-refractivity contribution is 0.00578. The molecular weight excluding hydrogens is 281 g/mol. The molecule has 2 heterocycles. The molecule has 0 unspecified atom stereocenters. The third kappa shape index (κ3) is 2.21. The third-order valence-corrected chi connectivity index (χ3v) is 5.20. The molecule has 2 aliphatic heterocycles. The van der Waals surface area contributed by atoms with Crippen molar-refractivity contribution in [1.82, 2.24) is 4.90 Å². The molecule has 1 saturated heterocycles. The molecule has 6 heteroatoms. The zero-order chi connectivity index (χ0) is 16.3. The third-order valence-electron chi connectivity index (χ3n) is 5.20. The summed E-state index contributed by atoms with van der Waals surface area (Å²) in [6.07, 6.45) is -0.888. The van der Waals surface area contributed by atoms with E-state index in [1.165, 1.54) is 4.90 Å². The lowest BCUT2D eigenvalue weighted by Crippen LogP contribution is -2.41. The van der Waals surface area contributed by atoms with Crippen LogP contribution < -0.4 is 5.46 Å². The highest BCUT2D eigenvalue weighted by Crippen LogP contribution is 2.37. The first-order valence-electron chi connectivity index (χ1n) is 7.60. The molecule has 1 aromatic rings. The van der Waals surface area contributed by atoms with Crippen LogP contribution in [0.25, 0.3) is 0 Å². The highest BCUT2D eigenvalue weighted by Gasteiger charge is 2.51. The molecule has 0 radical (unpaired) electrons. The highest BCUT2D eigenvalue weighted by atomic mass is 16.7. The minimum atomic E-state index is -0.888. The van der Waals surface area contributed by atoms with Gasteiger partial charge in [0, 0.05) is 6.54 Å². The molecule has 1 fully saturated rings. The number of rotatable bonds is 1. The van der Waals surface area contributed by atoms with Gasteiger partial charge in [-0.15, -0.1) is 0 Å². The molecule has 22 heavy (non-hydrogen) atoms. The van der Waals surface area contributed by atoms with Gasteiger partial charge in [0.15, 0.2) is 0 Å². The van der Waals surface area contributed by atoms with Crippen molar-refractivity contribution in [3.05, 3.63) is 29.3 Å². The minimum Gasteiger partial charge on any atom is -0.465 e. The van der Waals surface area contributed by atoms with Gasteiger partial charge in [-0.25, -0.2) is 4.79 Å². The van der Waals surface area contributed by atoms with Crippen LogP contribution in [0.5, 0.6) is 0 Å². The maximum Gasteiger partial charge on any atom is 0.494 e. The van der Waals surface area contributed by atoms with E-state index in [9.17, 15) is 9.90 Å². The zero-order valence-electron chi connectivity index (χ0n) is 13.7. The molecule has 0 aliphatic carbocycles. The molecule has 0 saturated carbocycles. The fraction of sp³-hybridized carbons (Fsp3) is 0.562. The smallest absolute Gasteiger partial charge is 0.465 e. The van der Waals surface area contributed by atoms with Crippen molar-refractivity contribution in [2.45, 2.75) is 58.4 Å². The Labute approximate surface area is 131 Å². The number of carboxylic acid groups (broad SMARTS) is 1. The predicted octanol–water partition coefficient (Wildman–Crippen LogP) is 2.54. The average molecular weight is 303 g/mol. The first-order chi connectivity index (χ1) is 10.1. The lowest BCUT2D eigenvalue weighted by atomic mass is 9.77. The van der Waals surface area contributed by atoms with Crippen molar-refractivity contribution in [2.24, 2.45) is 0 Å². The fourth-order valence-electron chi connectivity index (χ4n) is 3.02. The van der Waals surface area contributed by atoms with E-state index in [1.807, 2.05) is 52.8 Å². The Bertz CT molecular complexity index is 613. The van der Waals surface area contributed by atoms with Crippen molar-refractivity contribution >= 4 is 18.7 Å². The largest absolute Gasteiger partial charge is 0.494 e. The normalized spacial score (nSPS) is 25.4. The summed E-state index contributed by atoms with van der Waals surface area (Å²) in [7, 11) is -0.413. The second-order valence-corrected chi connectivity index (χ2v) is 7.13. The lowest BCUT2D eigenvalue weighted by Gasteiger charge is -2.32. The van der Waals surface area contributed by atoms with Crippen LogP contribution in [0.4, 0.5) is 4.79 Å². The van der Waals surface area contributed by atoms with Crippen LogP contribution in [0.1, 0.15) is 51.8 Å². The Kier molecular flexibility index (Phi) is 3.31. The molecule has 1 aromatic carbocycles. The van der Waals surface area contributed by atoms with Crippen molar-refractivity contribution in [3.63, 3.8) is 0 Å². The van der Waals surface area contributed by atoms with Gasteiger partial charge in [-0.1, -0.05) is 18.2 Å². The quantitative estimate of drug-likeness (QED) is 0.810. The topological polar surface area (TPSA) is 59.0 Å². The van der Waals surface area contributed by atoms with E-state index in [0.29, 0.717) is 6.54 Å². The van der Waals surface area contributed by atoms with Gasteiger partial charge in [0.1, 0.15) is 0 Å². The van der Waals surface area contributed by atoms with Gasteiger partial charge in [0.2, 0.25) is 0 Å². The fourth-order valence-corrected chi connectivity index (χ4v) is 3.02. The van der Waals surface area contributed by atoms with E-state index >= 15 is 0 Å². The standard InChI is InChI=1S/C16H22BNO4/c1-10-13-7-6-12(8-11(13)9-18(10)14(19)20)17-21-15(2,3)16(4,5)22-17/h6-8,10H,9H2,1-5H3,(H,19,20)/t10-/m1/s1. The Morgan fingerprint density at radius 2 is 1.86 bits per heavy atom. The van der Waals surface area contributed by atoms with Crippen LogP contribution >= 0.6 is 0 Å². The molecule has 0 aromatic heterocycles. The van der Waals surface area contributed by atoms with Gasteiger partial charge in [0.25, 0.3) is 0 Å². The number of nitrogens with zero attached hydrogens (tertiary/aromatic N) is 1. The van der Waals surface area contributed by atoms with Crippen LogP contribution in [0.2, 0.25) is 0 Å². The summed E-state index contributed by atoms with van der Waals surface area (Å²) in [5.41, 5.74) is 2.27. The van der Waals surface area contributed by atoms with E-state index < -0.39 is 13.2 Å². The van der Waals surface area contributed by atoms with Crippen LogP contribution in [-0.2, 0) is 15.9 Å². The van der Waals surface area contributed by atoms with E-state index in [4.69, 9.17) is 9.31 Å². The van der Waals surface area contributed by atoms with Crippen LogP contribution in [-0.4, -0.2) is 34.4 Å². The van der Waals surface area contributed by atoms with Crippen molar-refractivity contribution in [2.75, 3.05) is 0 Å². The van der Waals surface area contributed by atoms with Gasteiger partial charge in [-0.2, -0.15) is 0 Å². The van der Waals surface area contributed by atoms with Gasteiger partial charge in [-0.3, -0.25) is 4.90 Å². The second kappa shape index (κ2) is 4.73. The molecule has 1 N–H and O–H groups in total. The molecule has 118 valence electrons. The maximum atomic E-state index is 11.3. The summed E-state index contributed by atoms with van der Waals surface area (Å²) in [6.45, 7) is 10.4. The van der Waals surface area contributed by atoms with E-state index in [1.54, 1.807) is 0 Å². The number of hydrogen-bond acceptors (Lipinski definition) is 3. The molecule has 1 amide bonds. The maximum absolute atomic E-state index is 11.3. The van der Waals surface area contributed by atoms with Crippen LogP contribution in [0, 0.1) is 0 Å². The first kappa shape index (κ1) is 15.4. The summed E-state index contributed by atoms with van der Waals surface area (Å²) < 4.78 is 12.1. The summed E-state index contributed by atoms with van der Waals surface area (Å²) in [4.78, 5) is 12.7. The molecule has 1 atom stereocenters. The highest BCUT2D eigenvalue weighted by molar-refractivity contribution is 6.62. The number of carbonyl (C=O) groups is 1. The van der Waals surface area contributed by atoms with E-state index in [0.717, 1.165) is 16.6 Å². The molecule has 0 bridgehead atoms. The summed E-state index contributed by atoms with van der Waals surface area (Å²) >= 11 is 0. The second-order valence-electron chi connectivity index (χ2n) is 7.13. The zero-order valence-corrected chi connectivity index (χ0v) is 13.7. The predicted molar refractivity (Wildman–Crippen MR) is 84.1 cm³/mol. The first-order valence-corrected chi connectivity index (χ1v) is 7.60. The number of fused-ring (bicyclic) bond motifs is 1. The Morgan fingerprint density at radius 3 is 2.41 bits per heavy atom. The van der Waals surface area contributed by atoms with E-state index in [2.05, 4.69) is 0 Å². The SMILES string of the molecule is C[C@@H]1c2ccc(B3OC(C)(C)C(C)(C)O3)cc2CN1C(=O)O. The Morgan fingerprint density at radius 1 is 1.27 bits per heavy atom. The Balaban J connectivity index is 1.88. The number of amides is 1. The van der Waals surface area contributed by atoms with Crippen LogP contribution in [0.3, 0.4) is 0 Å². The molecule has 5 nitrogen and oxygen atoms in total. The molecule has 0 spiro atoms. The summed E-state index contributed by atoms with van der Waals surface area (Å²) in [6, 6.07) is 5.86. The van der Waals surface area contributed by atoms with Gasteiger partial charge < -0.3 is 14.4 Å². The van der Waals surface area contributed by atoms with Crippen LogP contribution in [0.15, 0.2) is 18.2 Å². The molecule has 3 rings (SSSR count). The van der Waals surface area contributed by atoms with Crippen molar-refractivity contribution in [1.29, 1.82) is 0 Å². The molecule has 2 aliphatic rings. The number of hydrogen-bond donors (Lipinski definition) is 1. The minimum absolute atomic E-state index is 0.111. The summed E-state index contributed by atoms with van der Waals surface area (Å²) in [5, 5.41) is 9.25. The van der Waals surface area contributed by atoms with Gasteiger partial charge >= 0.3 is 13.2 Å². The Hall–Kier alpha value is -1.53. The van der Waals surface area contributed by atoms with Crippen molar-refractivity contribution in [3.8, 4) is 0 Å². The van der Waals surface area contributed by atoms with Gasteiger partial charge in [0.05, 0.1) is 17.2 Å². The average Bonchev–Trinajstić information content (AvgIpc) is 2.84. The van der Waals surface area contributed by atoms with Gasteiger partial charge in [-0.05, 0) is 51.2 Å². The monoisotopic (exact) mass is 303 g/mol. The summed E-state index contributed by atoms with van der Waals surface area (Å²) in [5.74, 6) is 0.